The van der Waals surface area contributed by atoms with Crippen LogP contribution >= 0.6 is 11.8 Å². The summed E-state index contributed by atoms with van der Waals surface area (Å²) >= 11 is 1.59. The molecule has 1 fully saturated rings. The molecule has 1 aliphatic heterocycles. The Morgan fingerprint density at radius 2 is 2.10 bits per heavy atom. The Morgan fingerprint density at radius 3 is 2.62 bits per heavy atom. The van der Waals surface area contributed by atoms with Gasteiger partial charge in [-0.25, -0.2) is 4.79 Å². The Balaban J connectivity index is 2.04. The van der Waals surface area contributed by atoms with E-state index in [-0.39, 0.29) is 11.8 Å². The minimum atomic E-state index is -1.01. The third kappa shape index (κ3) is 4.22. The lowest BCUT2D eigenvalue weighted by Crippen LogP contribution is -2.48. The second kappa shape index (κ2) is 7.47. The first kappa shape index (κ1) is 15.9. The van der Waals surface area contributed by atoms with Crippen LogP contribution in [0.25, 0.3) is 0 Å². The van der Waals surface area contributed by atoms with Crippen LogP contribution in [0.15, 0.2) is 29.2 Å². The molecule has 1 aliphatic rings. The van der Waals surface area contributed by atoms with Gasteiger partial charge in [-0.15, -0.1) is 11.8 Å². The van der Waals surface area contributed by atoms with Crippen molar-refractivity contribution in [1.82, 2.24) is 5.32 Å². The number of amides is 1. The van der Waals surface area contributed by atoms with Gasteiger partial charge in [-0.05, 0) is 43.4 Å². The number of aliphatic carboxylic acids is 1. The fourth-order valence-electron chi connectivity index (χ4n) is 2.38. The van der Waals surface area contributed by atoms with Gasteiger partial charge in [0.1, 0.15) is 6.04 Å². The smallest absolute Gasteiger partial charge is 0.326 e. The zero-order chi connectivity index (χ0) is 15.2. The molecule has 0 saturated carbocycles. The van der Waals surface area contributed by atoms with Gasteiger partial charge < -0.3 is 15.2 Å². The highest BCUT2D eigenvalue weighted by Crippen LogP contribution is 2.19. The zero-order valence-electron chi connectivity index (χ0n) is 11.9. The first-order valence-electron chi connectivity index (χ1n) is 6.87. The summed E-state index contributed by atoms with van der Waals surface area (Å²) in [5.74, 6) is -1.55. The fraction of sp³-hybridized carbons (Fsp3) is 0.467. The largest absolute Gasteiger partial charge is 0.480 e. The van der Waals surface area contributed by atoms with Crippen LogP contribution in [0.3, 0.4) is 0 Å². The van der Waals surface area contributed by atoms with E-state index in [1.165, 1.54) is 0 Å². The summed E-state index contributed by atoms with van der Waals surface area (Å²) < 4.78 is 5.31. The van der Waals surface area contributed by atoms with Crippen molar-refractivity contribution >= 4 is 23.6 Å². The minimum Gasteiger partial charge on any atom is -0.480 e. The van der Waals surface area contributed by atoms with Crippen molar-refractivity contribution in [2.45, 2.75) is 23.8 Å². The van der Waals surface area contributed by atoms with Crippen molar-refractivity contribution in [2.24, 2.45) is 5.92 Å². The molecule has 0 aliphatic carbocycles. The number of nitrogens with one attached hydrogen (secondary N) is 1. The van der Waals surface area contributed by atoms with Gasteiger partial charge in [0.25, 0.3) is 5.91 Å². The third-order valence-corrected chi connectivity index (χ3v) is 4.32. The number of benzene rings is 1. The van der Waals surface area contributed by atoms with Crippen LogP contribution in [0.5, 0.6) is 0 Å². The number of rotatable bonds is 5. The molecular weight excluding hydrogens is 290 g/mol. The van der Waals surface area contributed by atoms with E-state index in [9.17, 15) is 14.7 Å². The van der Waals surface area contributed by atoms with E-state index in [1.54, 1.807) is 23.9 Å². The molecule has 5 nitrogen and oxygen atoms in total. The van der Waals surface area contributed by atoms with E-state index < -0.39 is 12.0 Å². The summed E-state index contributed by atoms with van der Waals surface area (Å²) in [4.78, 5) is 24.6. The molecule has 0 radical (unpaired) electrons. The van der Waals surface area contributed by atoms with Crippen molar-refractivity contribution < 1.29 is 19.4 Å². The van der Waals surface area contributed by atoms with E-state index in [4.69, 9.17) is 4.74 Å². The minimum absolute atomic E-state index is 0.175. The average Bonchev–Trinajstić information content (AvgIpc) is 2.53. The molecule has 2 unspecified atom stereocenters. The van der Waals surface area contributed by atoms with Crippen molar-refractivity contribution in [2.75, 3.05) is 19.5 Å². The number of carboxylic acid groups (broad SMARTS) is 1. The summed E-state index contributed by atoms with van der Waals surface area (Å²) in [6.45, 7) is 1.04. The summed E-state index contributed by atoms with van der Waals surface area (Å²) in [6.07, 6.45) is 3.54. The first-order valence-corrected chi connectivity index (χ1v) is 8.09. The highest BCUT2D eigenvalue weighted by Gasteiger charge is 2.31. The average molecular weight is 309 g/mol. The highest BCUT2D eigenvalue weighted by molar-refractivity contribution is 7.98. The molecule has 2 atom stereocenters. The molecule has 1 amide bonds. The number of carboxylic acids is 1. The Labute approximate surface area is 128 Å². The number of carbonyl (C=O) groups is 2. The lowest BCUT2D eigenvalue weighted by molar-refractivity contribution is -0.142. The Hall–Kier alpha value is -1.53. The first-order chi connectivity index (χ1) is 10.1. The lowest BCUT2D eigenvalue weighted by atomic mass is 9.93. The van der Waals surface area contributed by atoms with E-state index in [1.807, 2.05) is 18.4 Å². The molecule has 21 heavy (non-hydrogen) atoms. The van der Waals surface area contributed by atoms with E-state index in [0.29, 0.717) is 18.8 Å². The van der Waals surface area contributed by atoms with Crippen LogP contribution in [0, 0.1) is 5.92 Å². The van der Waals surface area contributed by atoms with Crippen molar-refractivity contribution in [1.29, 1.82) is 0 Å². The van der Waals surface area contributed by atoms with Crippen LogP contribution in [0.4, 0.5) is 0 Å². The molecule has 0 spiro atoms. The van der Waals surface area contributed by atoms with Gasteiger partial charge in [0, 0.05) is 23.0 Å². The maximum atomic E-state index is 12.2. The molecule has 2 rings (SSSR count). The molecule has 0 aromatic heterocycles. The number of hydrogen-bond acceptors (Lipinski definition) is 4. The second-order valence-electron chi connectivity index (χ2n) is 5.00. The Morgan fingerprint density at radius 1 is 1.38 bits per heavy atom. The third-order valence-electron chi connectivity index (χ3n) is 3.57. The van der Waals surface area contributed by atoms with Crippen LogP contribution in [-0.4, -0.2) is 42.5 Å². The predicted octanol–water partition coefficient (Wildman–Crippen LogP) is 2.02. The molecule has 1 aromatic carbocycles. The van der Waals surface area contributed by atoms with Gasteiger partial charge in [-0.2, -0.15) is 0 Å². The summed E-state index contributed by atoms with van der Waals surface area (Å²) in [7, 11) is 0. The monoisotopic (exact) mass is 309 g/mol. The Bertz CT molecular complexity index is 497. The van der Waals surface area contributed by atoms with Crippen LogP contribution in [0.1, 0.15) is 23.2 Å². The molecular formula is C15H19NO4S. The summed E-state index contributed by atoms with van der Waals surface area (Å²) in [5, 5.41) is 11.9. The standard InChI is InChI=1S/C15H19NO4S/c1-21-12-6-4-10(5-7-12)14(17)16-13(15(18)19)11-3-2-8-20-9-11/h4-7,11,13H,2-3,8-9H2,1H3,(H,16,17)(H,18,19). The number of ether oxygens (including phenoxy) is 1. The molecule has 114 valence electrons. The zero-order valence-corrected chi connectivity index (χ0v) is 12.7. The summed E-state index contributed by atoms with van der Waals surface area (Å²) in [5.41, 5.74) is 0.468. The second-order valence-corrected chi connectivity index (χ2v) is 5.87. The molecule has 0 bridgehead atoms. The molecule has 2 N–H and O–H groups in total. The SMILES string of the molecule is CSc1ccc(C(=O)NC(C(=O)O)C2CCCOC2)cc1. The van der Waals surface area contributed by atoms with Gasteiger partial charge in [-0.1, -0.05) is 0 Å². The van der Waals surface area contributed by atoms with E-state index >= 15 is 0 Å². The van der Waals surface area contributed by atoms with Gasteiger partial charge in [-0.3, -0.25) is 4.79 Å². The fourth-order valence-corrected chi connectivity index (χ4v) is 2.78. The van der Waals surface area contributed by atoms with Crippen molar-refractivity contribution in [3.8, 4) is 0 Å². The summed E-state index contributed by atoms with van der Waals surface area (Å²) in [6, 6.07) is 6.20. The van der Waals surface area contributed by atoms with Crippen molar-refractivity contribution in [3.05, 3.63) is 29.8 Å². The molecule has 1 heterocycles. The van der Waals surface area contributed by atoms with Crippen molar-refractivity contribution in [3.63, 3.8) is 0 Å². The molecule has 1 aromatic rings. The van der Waals surface area contributed by atoms with E-state index in [0.717, 1.165) is 17.7 Å². The van der Waals surface area contributed by atoms with Crippen LogP contribution in [0.2, 0.25) is 0 Å². The van der Waals surface area contributed by atoms with Crippen LogP contribution in [-0.2, 0) is 9.53 Å². The maximum Gasteiger partial charge on any atom is 0.326 e. The quantitative estimate of drug-likeness (QED) is 0.814. The number of thioether (sulfide) groups is 1. The number of hydrogen-bond donors (Lipinski definition) is 2. The lowest BCUT2D eigenvalue weighted by Gasteiger charge is -2.28. The normalized spacial score (nSPS) is 19.8. The number of carbonyl (C=O) groups excluding carboxylic acids is 1. The predicted molar refractivity (Wildman–Crippen MR) is 80.7 cm³/mol. The van der Waals surface area contributed by atoms with E-state index in [2.05, 4.69) is 5.32 Å². The molecule has 1 saturated heterocycles. The van der Waals surface area contributed by atoms with Gasteiger partial charge in [0.05, 0.1) is 6.61 Å². The topological polar surface area (TPSA) is 75.6 Å². The maximum absolute atomic E-state index is 12.2. The van der Waals surface area contributed by atoms with Gasteiger partial charge >= 0.3 is 5.97 Å². The van der Waals surface area contributed by atoms with Crippen LogP contribution < -0.4 is 5.32 Å². The van der Waals surface area contributed by atoms with Gasteiger partial charge in [0.15, 0.2) is 0 Å². The highest BCUT2D eigenvalue weighted by atomic mass is 32.2. The molecule has 6 heteroatoms. The van der Waals surface area contributed by atoms with Gasteiger partial charge in [0.2, 0.25) is 0 Å². The Kier molecular flexibility index (Phi) is 5.64.